The number of phenolic OH excluding ortho intramolecular Hbond substituents is 1. The van der Waals surface area contributed by atoms with Crippen LogP contribution in [0.5, 0.6) is 5.75 Å². The van der Waals surface area contributed by atoms with Crippen LogP contribution in [0.1, 0.15) is 167 Å². The fourth-order valence-electron chi connectivity index (χ4n) is 9.54. The van der Waals surface area contributed by atoms with E-state index in [0.717, 1.165) is 72.5 Å². The molecule has 8 rings (SSSR count). The number of pyridine rings is 1. The number of aryl methyl sites for hydroxylation is 1. The van der Waals surface area contributed by atoms with Crippen LogP contribution in [0.4, 0.5) is 0 Å². The van der Waals surface area contributed by atoms with E-state index in [0.29, 0.717) is 28.1 Å². The molecule has 4 heteroatoms. The number of hydrogen-bond acceptors (Lipinski definition) is 3. The van der Waals surface area contributed by atoms with Crippen molar-refractivity contribution in [3.8, 4) is 67.5 Å². The molecular formula is C65H75N3O. The lowest BCUT2D eigenvalue weighted by atomic mass is 9.79. The summed E-state index contributed by atoms with van der Waals surface area (Å²) in [5, 5.41) is 12.6. The topological polar surface area (TPSA) is 50.9 Å². The number of phenols is 1. The van der Waals surface area contributed by atoms with Gasteiger partial charge in [0.05, 0.1) is 28.0 Å². The summed E-state index contributed by atoms with van der Waals surface area (Å²) in [4.78, 5) is 10.5. The average Bonchev–Trinajstić information content (AvgIpc) is 3.68. The smallest absolute Gasteiger partial charge is 0.149 e. The van der Waals surface area contributed by atoms with Gasteiger partial charge in [0, 0.05) is 28.4 Å². The van der Waals surface area contributed by atoms with E-state index in [9.17, 15) is 10.6 Å². The third-order valence-electron chi connectivity index (χ3n) is 13.7. The summed E-state index contributed by atoms with van der Waals surface area (Å²) in [7, 11) is 0. The highest BCUT2D eigenvalue weighted by Crippen LogP contribution is 2.46. The first kappa shape index (κ1) is 44.0. The summed E-state index contributed by atoms with van der Waals surface area (Å²) >= 11 is 0. The van der Waals surface area contributed by atoms with Gasteiger partial charge in [-0.25, -0.2) is 4.98 Å². The van der Waals surface area contributed by atoms with Crippen LogP contribution in [-0.2, 0) is 21.7 Å². The van der Waals surface area contributed by atoms with Gasteiger partial charge >= 0.3 is 0 Å². The highest BCUT2D eigenvalue weighted by Gasteiger charge is 2.30. The number of hydrogen-bond donors (Lipinski definition) is 1. The zero-order chi connectivity index (χ0) is 53.5. The minimum atomic E-state index is -2.57. The lowest BCUT2D eigenvalue weighted by molar-refractivity contribution is 0.446. The van der Waals surface area contributed by atoms with Crippen molar-refractivity contribution in [2.24, 2.45) is 0 Å². The minimum absolute atomic E-state index is 0.0463. The Labute approximate surface area is 419 Å². The molecule has 1 N–H and O–H groups in total. The van der Waals surface area contributed by atoms with E-state index < -0.39 is 18.2 Å². The fourth-order valence-corrected chi connectivity index (χ4v) is 9.54. The van der Waals surface area contributed by atoms with E-state index in [2.05, 4.69) is 170 Å². The first-order valence-corrected chi connectivity index (χ1v) is 24.7. The van der Waals surface area contributed by atoms with E-state index in [4.69, 9.17) is 9.97 Å². The molecule has 0 aliphatic rings. The maximum absolute atomic E-state index is 12.6. The molecule has 0 saturated carbocycles. The van der Waals surface area contributed by atoms with Gasteiger partial charge in [-0.15, -0.1) is 0 Å². The van der Waals surface area contributed by atoms with Crippen LogP contribution >= 0.6 is 0 Å². The average molecular weight is 918 g/mol. The van der Waals surface area contributed by atoms with E-state index in [1.807, 2.05) is 67.1 Å². The van der Waals surface area contributed by atoms with Crippen molar-refractivity contribution >= 4 is 11.0 Å². The van der Waals surface area contributed by atoms with Gasteiger partial charge in [-0.2, -0.15) is 0 Å². The monoisotopic (exact) mass is 918 g/mol. The Bertz CT molecular complexity index is 3380. The second kappa shape index (κ2) is 17.9. The Kier molecular flexibility index (Phi) is 11.4. The molecule has 0 atom stereocenters. The molecule has 2 aromatic heterocycles. The summed E-state index contributed by atoms with van der Waals surface area (Å²) in [6.45, 7) is 31.6. The molecule has 0 fully saturated rings. The summed E-state index contributed by atoms with van der Waals surface area (Å²) in [6, 6.07) is 41.7. The Balaban J connectivity index is 1.44. The van der Waals surface area contributed by atoms with E-state index in [1.54, 1.807) is 6.07 Å². The molecule has 356 valence electrons. The predicted molar refractivity (Wildman–Crippen MR) is 295 cm³/mol. The molecule has 0 spiro atoms. The Morgan fingerprint density at radius 2 is 1.17 bits per heavy atom. The van der Waals surface area contributed by atoms with Crippen molar-refractivity contribution in [2.45, 2.75) is 151 Å². The molecule has 0 aliphatic heterocycles. The highest BCUT2D eigenvalue weighted by atomic mass is 16.3. The zero-order valence-corrected chi connectivity index (χ0v) is 44.0. The molecule has 2 heterocycles. The number of fused-ring (bicyclic) bond motifs is 1. The van der Waals surface area contributed by atoms with Crippen molar-refractivity contribution in [1.82, 2.24) is 14.5 Å². The van der Waals surface area contributed by atoms with E-state index in [-0.39, 0.29) is 33.5 Å². The summed E-state index contributed by atoms with van der Waals surface area (Å²) in [5.74, 6) is -0.293. The molecule has 0 radical (unpaired) electrons. The van der Waals surface area contributed by atoms with Gasteiger partial charge in [0.15, 0.2) is 0 Å². The van der Waals surface area contributed by atoms with Crippen LogP contribution in [0.3, 0.4) is 0 Å². The third-order valence-corrected chi connectivity index (χ3v) is 13.7. The van der Waals surface area contributed by atoms with Crippen molar-refractivity contribution in [3.05, 3.63) is 166 Å². The van der Waals surface area contributed by atoms with E-state index >= 15 is 0 Å². The second-order valence-corrected chi connectivity index (χ2v) is 23.8. The number of para-hydroxylation sites is 1. The maximum atomic E-state index is 12.6. The van der Waals surface area contributed by atoms with Gasteiger partial charge in [0.25, 0.3) is 0 Å². The Hall–Kier alpha value is -6.26. The van der Waals surface area contributed by atoms with Gasteiger partial charge in [-0.1, -0.05) is 184 Å². The van der Waals surface area contributed by atoms with E-state index in [1.165, 1.54) is 5.56 Å². The molecule has 0 unspecified atom stereocenters. The molecule has 0 aliphatic carbocycles. The van der Waals surface area contributed by atoms with Crippen molar-refractivity contribution in [2.75, 3.05) is 0 Å². The second-order valence-electron chi connectivity index (χ2n) is 23.8. The molecule has 6 aromatic carbocycles. The molecule has 69 heavy (non-hydrogen) atoms. The lowest BCUT2D eigenvalue weighted by Crippen LogP contribution is -2.17. The number of nitrogens with zero attached hydrogens (tertiary/aromatic N) is 3. The highest BCUT2D eigenvalue weighted by molar-refractivity contribution is 5.97. The van der Waals surface area contributed by atoms with Crippen molar-refractivity contribution in [1.29, 1.82) is 0 Å². The zero-order valence-electron chi connectivity index (χ0n) is 48.0. The summed E-state index contributed by atoms with van der Waals surface area (Å²) < 4.78 is 38.8. The molecule has 0 amide bonds. The summed E-state index contributed by atoms with van der Waals surface area (Å²) in [6.07, 6.45) is 1.88. The number of imidazole rings is 1. The molecule has 0 saturated heterocycles. The van der Waals surface area contributed by atoms with Gasteiger partial charge in [0.2, 0.25) is 0 Å². The Morgan fingerprint density at radius 1 is 0.551 bits per heavy atom. The number of rotatable bonds is 8. The normalized spacial score (nSPS) is 13.9. The van der Waals surface area contributed by atoms with Crippen molar-refractivity contribution in [3.63, 3.8) is 0 Å². The first-order chi connectivity index (χ1) is 33.7. The maximum Gasteiger partial charge on any atom is 0.149 e. The standard InChI is InChI=1S/C65H75N3O/c1-39(2)50-20-18-21-51(40(3)4)58(50)44-26-29-56(41(5)32-44)68-57-23-19-22-52(59(57)67-61(68)53-37-49(64(12,13)14)38-54(60(53)69)65(15,16)17)45-33-46(35-48(34-45)63(9,10)11)55-36-43(30-31-66-55)42-24-27-47(28-25-42)62(6,7)8/h18-40,69H,1-17H3/i5D3,39D. The van der Waals surface area contributed by atoms with Crippen LogP contribution in [0.25, 0.3) is 72.7 Å². The lowest BCUT2D eigenvalue weighted by Gasteiger charge is -2.27. The number of aromatic nitrogens is 3. The van der Waals surface area contributed by atoms with Crippen LogP contribution in [0, 0.1) is 6.85 Å². The van der Waals surface area contributed by atoms with Crippen LogP contribution in [-0.4, -0.2) is 19.6 Å². The first-order valence-electron chi connectivity index (χ1n) is 26.7. The van der Waals surface area contributed by atoms with Gasteiger partial charge in [0.1, 0.15) is 11.6 Å². The van der Waals surface area contributed by atoms with Gasteiger partial charge in [-0.3, -0.25) is 9.55 Å². The number of aromatic hydroxyl groups is 1. The van der Waals surface area contributed by atoms with Gasteiger partial charge < -0.3 is 5.11 Å². The molecule has 8 aromatic rings. The largest absolute Gasteiger partial charge is 0.507 e. The fraction of sp³-hybridized carbons (Fsp3) is 0.354. The van der Waals surface area contributed by atoms with Crippen molar-refractivity contribution < 1.29 is 10.6 Å². The minimum Gasteiger partial charge on any atom is -0.507 e. The predicted octanol–water partition coefficient (Wildman–Crippen LogP) is 18.2. The summed E-state index contributed by atoms with van der Waals surface area (Å²) in [5.41, 5.74) is 15.0. The van der Waals surface area contributed by atoms with Crippen LogP contribution in [0.15, 0.2) is 128 Å². The quantitative estimate of drug-likeness (QED) is 0.165. The van der Waals surface area contributed by atoms with Crippen LogP contribution < -0.4 is 0 Å². The van der Waals surface area contributed by atoms with Crippen LogP contribution in [0.2, 0.25) is 0 Å². The SMILES string of the molecule is [2H]C([2H])([2H])c1cc(-c2c(C(C)C)cccc2C([2H])(C)C)ccc1-n1c(-c2cc(C(C)(C)C)cc(C(C)(C)C)c2O)nc2c(-c3cc(-c4cc(-c5ccc(C(C)(C)C)cc5)ccn4)cc(C(C)(C)C)c3)cccc21. The molecular weight excluding hydrogens is 839 g/mol. The third kappa shape index (κ3) is 9.70. The van der Waals surface area contributed by atoms with Gasteiger partial charge in [-0.05, 0) is 150 Å². The molecule has 4 nitrogen and oxygen atoms in total. The molecule has 0 bridgehead atoms. The Morgan fingerprint density at radius 3 is 1.80 bits per heavy atom. The number of benzene rings is 6.